The number of allylic oxidation sites excluding steroid dienone is 1. The first-order chi connectivity index (χ1) is 6.08. The number of hydrogen-bond donors (Lipinski definition) is 1. The van der Waals surface area contributed by atoms with Gasteiger partial charge < -0.3 is 5.11 Å². The van der Waals surface area contributed by atoms with Gasteiger partial charge in [-0.25, -0.2) is 4.79 Å². The molecule has 76 valence electrons. The number of carboxylic acid groups (broad SMARTS) is 1. The van der Waals surface area contributed by atoms with E-state index >= 15 is 0 Å². The lowest BCUT2D eigenvalue weighted by atomic mass is 10.1. The number of carboxylic acids is 1. The second-order valence-electron chi connectivity index (χ2n) is 2.75. The summed E-state index contributed by atoms with van der Waals surface area (Å²) in [4.78, 5) is 9.25. The Kier molecular flexibility index (Phi) is 12.2. The van der Waals surface area contributed by atoms with Gasteiger partial charge in [-0.2, -0.15) is 0 Å². The molecule has 0 radical (unpaired) electrons. The summed E-state index contributed by atoms with van der Waals surface area (Å²) in [5.41, 5.74) is 1.40. The van der Waals surface area contributed by atoms with E-state index in [2.05, 4.69) is 27.0 Å². The number of carbonyl (C=O) groups is 1. The van der Waals surface area contributed by atoms with Crippen LogP contribution in [0.3, 0.4) is 0 Å². The van der Waals surface area contributed by atoms with E-state index in [9.17, 15) is 4.79 Å². The van der Waals surface area contributed by atoms with Crippen molar-refractivity contribution in [3.8, 4) is 0 Å². The molecule has 2 nitrogen and oxygen atoms in total. The van der Waals surface area contributed by atoms with Crippen LogP contribution in [0.25, 0.3) is 0 Å². The Morgan fingerprint density at radius 3 is 2.15 bits per heavy atom. The number of unbranched alkanes of at least 4 members (excludes halogenated alkanes) is 1. The minimum atomic E-state index is -0.981. The molecule has 0 amide bonds. The van der Waals surface area contributed by atoms with Gasteiger partial charge in [0.25, 0.3) is 0 Å². The number of hydrogen-bond acceptors (Lipinski definition) is 1. The topological polar surface area (TPSA) is 37.3 Å². The third kappa shape index (κ3) is 18.2. The van der Waals surface area contributed by atoms with Crippen LogP contribution in [0.15, 0.2) is 24.8 Å². The molecule has 13 heavy (non-hydrogen) atoms. The molecule has 0 rings (SSSR count). The summed E-state index contributed by atoms with van der Waals surface area (Å²) in [6.45, 7) is 11.2. The van der Waals surface area contributed by atoms with Crippen molar-refractivity contribution in [3.05, 3.63) is 24.8 Å². The molecule has 0 atom stereocenters. The lowest BCUT2D eigenvalue weighted by molar-refractivity contribution is -0.131. The van der Waals surface area contributed by atoms with Crippen molar-refractivity contribution < 1.29 is 9.90 Å². The first-order valence-corrected chi connectivity index (χ1v) is 4.60. The fourth-order valence-corrected chi connectivity index (χ4v) is 0.604. The van der Waals surface area contributed by atoms with Gasteiger partial charge in [0.2, 0.25) is 0 Å². The molecule has 0 unspecified atom stereocenters. The van der Waals surface area contributed by atoms with E-state index in [0.29, 0.717) is 0 Å². The summed E-state index contributed by atoms with van der Waals surface area (Å²) in [6, 6.07) is 0. The van der Waals surface area contributed by atoms with Crippen LogP contribution >= 0.6 is 0 Å². The molecule has 0 aromatic heterocycles. The Hall–Kier alpha value is -1.05. The van der Waals surface area contributed by atoms with E-state index in [1.807, 2.05) is 0 Å². The summed E-state index contributed by atoms with van der Waals surface area (Å²) in [6.07, 6.45) is 5.82. The van der Waals surface area contributed by atoms with Gasteiger partial charge >= 0.3 is 5.97 Å². The fourth-order valence-electron chi connectivity index (χ4n) is 0.604. The average molecular weight is 184 g/mol. The summed E-state index contributed by atoms with van der Waals surface area (Å²) in [7, 11) is 0. The number of aliphatic carboxylic acids is 1. The fraction of sp³-hybridized carbons (Fsp3) is 0.545. The van der Waals surface area contributed by atoms with Gasteiger partial charge in [-0.15, -0.1) is 0 Å². The zero-order valence-electron chi connectivity index (χ0n) is 8.68. The highest BCUT2D eigenvalue weighted by Crippen LogP contribution is 2.06. The summed E-state index contributed by atoms with van der Waals surface area (Å²) >= 11 is 0. The van der Waals surface area contributed by atoms with E-state index in [1.165, 1.54) is 24.8 Å². The van der Waals surface area contributed by atoms with Gasteiger partial charge in [0.15, 0.2) is 0 Å². The van der Waals surface area contributed by atoms with Crippen LogP contribution in [0.5, 0.6) is 0 Å². The minimum Gasteiger partial charge on any atom is -0.478 e. The van der Waals surface area contributed by atoms with Gasteiger partial charge in [-0.1, -0.05) is 39.0 Å². The molecular weight excluding hydrogens is 164 g/mol. The van der Waals surface area contributed by atoms with Crippen molar-refractivity contribution in [2.24, 2.45) is 0 Å². The Morgan fingerprint density at radius 1 is 1.46 bits per heavy atom. The highest BCUT2D eigenvalue weighted by molar-refractivity contribution is 5.78. The van der Waals surface area contributed by atoms with Crippen LogP contribution in [0, 0.1) is 0 Å². The molecule has 0 heterocycles. The van der Waals surface area contributed by atoms with Crippen molar-refractivity contribution in [1.29, 1.82) is 0 Å². The van der Waals surface area contributed by atoms with Crippen LogP contribution in [0.2, 0.25) is 0 Å². The molecule has 0 saturated carbocycles. The highest BCUT2D eigenvalue weighted by Gasteiger charge is 1.86. The van der Waals surface area contributed by atoms with Crippen LogP contribution in [0.1, 0.15) is 39.5 Å². The molecule has 0 aliphatic carbocycles. The minimum absolute atomic E-state index is 0.833. The molecule has 0 aliphatic heterocycles. The Bertz CT molecular complexity index is 159. The highest BCUT2D eigenvalue weighted by atomic mass is 16.4. The van der Waals surface area contributed by atoms with Crippen LogP contribution < -0.4 is 0 Å². The van der Waals surface area contributed by atoms with E-state index in [4.69, 9.17) is 5.11 Å². The SMILES string of the molecule is C=C(CC)CCCC.C=CC(=O)O. The largest absolute Gasteiger partial charge is 0.478 e. The van der Waals surface area contributed by atoms with Crippen molar-refractivity contribution >= 4 is 5.97 Å². The maximum absolute atomic E-state index is 9.25. The van der Waals surface area contributed by atoms with Gasteiger partial charge in [0, 0.05) is 6.08 Å². The molecular formula is C11H20O2. The van der Waals surface area contributed by atoms with Gasteiger partial charge in [0.1, 0.15) is 0 Å². The van der Waals surface area contributed by atoms with Gasteiger partial charge in [-0.05, 0) is 19.3 Å². The van der Waals surface area contributed by atoms with Crippen LogP contribution in [-0.4, -0.2) is 11.1 Å². The molecule has 0 bridgehead atoms. The Balaban J connectivity index is 0. The zero-order chi connectivity index (χ0) is 10.7. The lowest BCUT2D eigenvalue weighted by Gasteiger charge is -1.97. The molecule has 2 heteroatoms. The third-order valence-electron chi connectivity index (χ3n) is 1.56. The molecule has 0 aromatic carbocycles. The van der Waals surface area contributed by atoms with Crippen LogP contribution in [0.4, 0.5) is 0 Å². The quantitative estimate of drug-likeness (QED) is 0.525. The molecule has 0 aliphatic rings. The second-order valence-corrected chi connectivity index (χ2v) is 2.75. The van der Waals surface area contributed by atoms with E-state index in [0.717, 1.165) is 12.5 Å². The van der Waals surface area contributed by atoms with Gasteiger partial charge in [-0.3, -0.25) is 0 Å². The predicted molar refractivity (Wildman–Crippen MR) is 56.8 cm³/mol. The standard InChI is InChI=1S/C8H16.C3H4O2/c1-4-6-7-8(3)5-2;1-2-3(4)5/h3-7H2,1-2H3;2H,1H2,(H,4,5). The second kappa shape index (κ2) is 11.0. The Labute approximate surface area is 81.0 Å². The van der Waals surface area contributed by atoms with Crippen LogP contribution in [-0.2, 0) is 4.79 Å². The lowest BCUT2D eigenvalue weighted by Crippen LogP contribution is -1.82. The third-order valence-corrected chi connectivity index (χ3v) is 1.56. The molecule has 0 fully saturated rings. The van der Waals surface area contributed by atoms with E-state index in [1.54, 1.807) is 0 Å². The first-order valence-electron chi connectivity index (χ1n) is 4.60. The first kappa shape index (κ1) is 14.5. The van der Waals surface area contributed by atoms with Crippen molar-refractivity contribution in [1.82, 2.24) is 0 Å². The number of rotatable bonds is 5. The molecule has 1 N–H and O–H groups in total. The molecule has 0 spiro atoms. The summed E-state index contributed by atoms with van der Waals surface area (Å²) < 4.78 is 0. The summed E-state index contributed by atoms with van der Waals surface area (Å²) in [5.74, 6) is -0.981. The van der Waals surface area contributed by atoms with Crippen molar-refractivity contribution in [3.63, 3.8) is 0 Å². The van der Waals surface area contributed by atoms with Crippen molar-refractivity contribution in [2.45, 2.75) is 39.5 Å². The van der Waals surface area contributed by atoms with Gasteiger partial charge in [0.05, 0.1) is 0 Å². The molecule has 0 saturated heterocycles. The van der Waals surface area contributed by atoms with Crippen molar-refractivity contribution in [2.75, 3.05) is 0 Å². The maximum atomic E-state index is 9.25. The average Bonchev–Trinajstić information content (AvgIpc) is 2.15. The van der Waals surface area contributed by atoms with E-state index < -0.39 is 5.97 Å². The monoisotopic (exact) mass is 184 g/mol. The zero-order valence-corrected chi connectivity index (χ0v) is 8.68. The predicted octanol–water partition coefficient (Wildman–Crippen LogP) is 3.40. The Morgan fingerprint density at radius 2 is 1.92 bits per heavy atom. The summed E-state index contributed by atoms with van der Waals surface area (Å²) in [5, 5.41) is 7.60. The molecule has 0 aromatic rings. The van der Waals surface area contributed by atoms with E-state index in [-0.39, 0.29) is 0 Å². The normalized spacial score (nSPS) is 8.15. The smallest absolute Gasteiger partial charge is 0.327 e. The maximum Gasteiger partial charge on any atom is 0.327 e.